The van der Waals surface area contributed by atoms with Crippen LogP contribution in [0.15, 0.2) is 24.3 Å². The minimum absolute atomic E-state index is 1.27. The second-order valence-electron chi connectivity index (χ2n) is 3.91. The topological polar surface area (TPSA) is 0 Å². The van der Waals surface area contributed by atoms with E-state index in [1.807, 2.05) is 0 Å². The average molecular weight is 178 g/mol. The van der Waals surface area contributed by atoms with E-state index in [1.165, 1.54) is 57.8 Å². The Kier molecular flexibility index (Phi) is 6.58. The molecule has 0 atom stereocenters. The molecule has 0 unspecified atom stereocenters. The quantitative estimate of drug-likeness (QED) is 0.507. The Bertz CT molecular complexity index is 135. The third-order valence-corrected chi connectivity index (χ3v) is 2.62. The molecule has 0 amide bonds. The molecule has 0 aromatic heterocycles. The molecule has 0 N–H and O–H groups in total. The molecule has 0 bridgehead atoms. The van der Waals surface area contributed by atoms with Crippen molar-refractivity contribution in [1.82, 2.24) is 0 Å². The van der Waals surface area contributed by atoms with Crippen molar-refractivity contribution < 1.29 is 0 Å². The molecule has 0 nitrogen and oxygen atoms in total. The van der Waals surface area contributed by atoms with E-state index >= 15 is 0 Å². The lowest BCUT2D eigenvalue weighted by atomic mass is 10.1. The Morgan fingerprint density at radius 2 is 0.846 bits per heavy atom. The van der Waals surface area contributed by atoms with Gasteiger partial charge in [-0.05, 0) is 25.7 Å². The zero-order valence-electron chi connectivity index (χ0n) is 8.67. The van der Waals surface area contributed by atoms with Crippen LogP contribution in [0.25, 0.3) is 0 Å². The molecule has 0 aliphatic heterocycles. The summed E-state index contributed by atoms with van der Waals surface area (Å²) in [6, 6.07) is 0. The first-order valence-electron chi connectivity index (χ1n) is 5.82. The summed E-state index contributed by atoms with van der Waals surface area (Å²) >= 11 is 0. The molecule has 0 radical (unpaired) electrons. The number of allylic oxidation sites excluding steroid dienone is 4. The molecular formula is C13H22. The van der Waals surface area contributed by atoms with Gasteiger partial charge in [-0.15, -0.1) is 0 Å². The number of hydrogen-bond donors (Lipinski definition) is 0. The highest BCUT2D eigenvalue weighted by Gasteiger charge is 1.91. The summed E-state index contributed by atoms with van der Waals surface area (Å²) < 4.78 is 0. The fourth-order valence-corrected chi connectivity index (χ4v) is 1.76. The Hall–Kier alpha value is -0.520. The predicted molar refractivity (Wildman–Crippen MR) is 59.8 cm³/mol. The first-order valence-corrected chi connectivity index (χ1v) is 5.82. The van der Waals surface area contributed by atoms with Gasteiger partial charge in [-0.2, -0.15) is 0 Å². The predicted octanol–water partition coefficient (Wildman–Crippen LogP) is 4.62. The van der Waals surface area contributed by atoms with Gasteiger partial charge in [0.1, 0.15) is 0 Å². The first kappa shape index (κ1) is 10.6. The third-order valence-electron chi connectivity index (χ3n) is 2.62. The van der Waals surface area contributed by atoms with Gasteiger partial charge in [-0.1, -0.05) is 56.4 Å². The summed E-state index contributed by atoms with van der Waals surface area (Å²) in [5, 5.41) is 0. The molecule has 0 heteroatoms. The molecule has 0 aromatic rings. The maximum atomic E-state index is 2.30. The average Bonchev–Trinajstić information content (AvgIpc) is 2.18. The Labute approximate surface area is 82.7 Å². The summed E-state index contributed by atoms with van der Waals surface area (Å²) in [5.41, 5.74) is 0. The van der Waals surface area contributed by atoms with Crippen molar-refractivity contribution in [3.05, 3.63) is 24.3 Å². The van der Waals surface area contributed by atoms with E-state index in [0.717, 1.165) is 0 Å². The second kappa shape index (κ2) is 8.10. The smallest absolute Gasteiger partial charge is 0.0348 e. The minimum Gasteiger partial charge on any atom is -0.0845 e. The molecule has 0 saturated heterocycles. The van der Waals surface area contributed by atoms with Crippen LogP contribution >= 0.6 is 0 Å². The standard InChI is InChI=1S/C13H22/c1-2-4-6-8-10-12-13-11-9-7-5-3-1/h1-4H,5-13H2/b3-1+,4-2+. The van der Waals surface area contributed by atoms with Gasteiger partial charge in [0, 0.05) is 0 Å². The van der Waals surface area contributed by atoms with Crippen LogP contribution in [0.5, 0.6) is 0 Å². The van der Waals surface area contributed by atoms with E-state index in [2.05, 4.69) is 24.3 Å². The second-order valence-corrected chi connectivity index (χ2v) is 3.91. The molecule has 1 rings (SSSR count). The van der Waals surface area contributed by atoms with Crippen LogP contribution in [0.2, 0.25) is 0 Å². The molecule has 1 aliphatic carbocycles. The van der Waals surface area contributed by atoms with Crippen molar-refractivity contribution in [1.29, 1.82) is 0 Å². The maximum Gasteiger partial charge on any atom is -0.0348 e. The van der Waals surface area contributed by atoms with Crippen LogP contribution < -0.4 is 0 Å². The van der Waals surface area contributed by atoms with Gasteiger partial charge in [-0.25, -0.2) is 0 Å². The highest BCUT2D eigenvalue weighted by molar-refractivity contribution is 5.02. The Morgan fingerprint density at radius 3 is 1.31 bits per heavy atom. The highest BCUT2D eigenvalue weighted by atomic mass is 14.0. The van der Waals surface area contributed by atoms with E-state index in [-0.39, 0.29) is 0 Å². The van der Waals surface area contributed by atoms with Crippen LogP contribution in [-0.4, -0.2) is 0 Å². The third kappa shape index (κ3) is 6.62. The Morgan fingerprint density at radius 1 is 0.462 bits per heavy atom. The van der Waals surface area contributed by atoms with E-state index in [0.29, 0.717) is 0 Å². The van der Waals surface area contributed by atoms with Crippen molar-refractivity contribution in [2.24, 2.45) is 0 Å². The molecule has 0 heterocycles. The first-order chi connectivity index (χ1) is 6.50. The normalized spacial score (nSPS) is 26.5. The Balaban J connectivity index is 2.18. The van der Waals surface area contributed by atoms with Crippen LogP contribution in [0.3, 0.4) is 0 Å². The van der Waals surface area contributed by atoms with Crippen molar-refractivity contribution in [3.63, 3.8) is 0 Å². The highest BCUT2D eigenvalue weighted by Crippen LogP contribution is 2.10. The van der Waals surface area contributed by atoms with E-state index in [1.54, 1.807) is 0 Å². The van der Waals surface area contributed by atoms with Crippen molar-refractivity contribution in [2.75, 3.05) is 0 Å². The molecular weight excluding hydrogens is 156 g/mol. The monoisotopic (exact) mass is 178 g/mol. The molecule has 74 valence electrons. The van der Waals surface area contributed by atoms with Gasteiger partial charge in [0.2, 0.25) is 0 Å². The van der Waals surface area contributed by atoms with E-state index in [9.17, 15) is 0 Å². The van der Waals surface area contributed by atoms with Crippen LogP contribution in [-0.2, 0) is 0 Å². The van der Waals surface area contributed by atoms with Gasteiger partial charge in [0.25, 0.3) is 0 Å². The fraction of sp³-hybridized carbons (Fsp3) is 0.692. The summed E-state index contributed by atoms with van der Waals surface area (Å²) in [4.78, 5) is 0. The summed E-state index contributed by atoms with van der Waals surface area (Å²) in [7, 11) is 0. The van der Waals surface area contributed by atoms with Crippen molar-refractivity contribution in [2.45, 2.75) is 57.8 Å². The van der Waals surface area contributed by atoms with Crippen LogP contribution in [0.1, 0.15) is 57.8 Å². The lowest BCUT2D eigenvalue weighted by molar-refractivity contribution is 0.584. The van der Waals surface area contributed by atoms with Crippen LogP contribution in [0, 0.1) is 0 Å². The molecule has 1 aliphatic rings. The van der Waals surface area contributed by atoms with E-state index in [4.69, 9.17) is 0 Å². The molecule has 13 heavy (non-hydrogen) atoms. The van der Waals surface area contributed by atoms with Gasteiger partial charge in [-0.3, -0.25) is 0 Å². The lowest BCUT2D eigenvalue weighted by Gasteiger charge is -1.99. The van der Waals surface area contributed by atoms with Gasteiger partial charge >= 0.3 is 0 Å². The molecule has 0 spiro atoms. The SMILES string of the molecule is C1=C/CCCCCCCCC/C=C/1. The summed E-state index contributed by atoms with van der Waals surface area (Å²) in [6.07, 6.45) is 21.5. The summed E-state index contributed by atoms with van der Waals surface area (Å²) in [5.74, 6) is 0. The van der Waals surface area contributed by atoms with Crippen molar-refractivity contribution >= 4 is 0 Å². The van der Waals surface area contributed by atoms with Gasteiger partial charge in [0.15, 0.2) is 0 Å². The van der Waals surface area contributed by atoms with E-state index < -0.39 is 0 Å². The van der Waals surface area contributed by atoms with Gasteiger partial charge < -0.3 is 0 Å². The molecule has 0 fully saturated rings. The number of hydrogen-bond acceptors (Lipinski definition) is 0. The molecule has 0 aromatic carbocycles. The fourth-order valence-electron chi connectivity index (χ4n) is 1.76. The van der Waals surface area contributed by atoms with Gasteiger partial charge in [0.05, 0.1) is 0 Å². The largest absolute Gasteiger partial charge is 0.0845 e. The van der Waals surface area contributed by atoms with Crippen LogP contribution in [0.4, 0.5) is 0 Å². The zero-order valence-corrected chi connectivity index (χ0v) is 8.67. The van der Waals surface area contributed by atoms with Crippen molar-refractivity contribution in [3.8, 4) is 0 Å². The zero-order chi connectivity index (χ0) is 9.19. The summed E-state index contributed by atoms with van der Waals surface area (Å²) in [6.45, 7) is 0. The lowest BCUT2D eigenvalue weighted by Crippen LogP contribution is -1.79. The molecule has 0 saturated carbocycles. The minimum atomic E-state index is 1.27. The maximum absolute atomic E-state index is 2.30. The number of rotatable bonds is 0.